The molecule has 0 aromatic heterocycles. The molecule has 1 aromatic rings. The van der Waals surface area contributed by atoms with E-state index in [-0.39, 0.29) is 18.1 Å². The molecule has 0 unspecified atom stereocenters. The zero-order chi connectivity index (χ0) is 14.9. The number of carbonyl (C=O) groups excluding carboxylic acids is 1. The fourth-order valence-corrected chi connectivity index (χ4v) is 3.04. The van der Waals surface area contributed by atoms with Crippen molar-refractivity contribution in [2.75, 3.05) is 26.9 Å². The highest BCUT2D eigenvalue weighted by Gasteiger charge is 2.36. The summed E-state index contributed by atoms with van der Waals surface area (Å²) in [6.45, 7) is 4.78. The third-order valence-corrected chi connectivity index (χ3v) is 4.43. The molecule has 114 valence electrons. The smallest absolute Gasteiger partial charge is 0.231 e. The van der Waals surface area contributed by atoms with Gasteiger partial charge in [-0.15, -0.1) is 0 Å². The van der Waals surface area contributed by atoms with Gasteiger partial charge in [-0.3, -0.25) is 4.79 Å². The van der Waals surface area contributed by atoms with Crippen LogP contribution in [0.15, 0.2) is 18.2 Å². The number of ether oxygens (including phenoxy) is 2. The molecule has 1 amide bonds. The minimum atomic E-state index is -0.240. The summed E-state index contributed by atoms with van der Waals surface area (Å²) in [4.78, 5) is 14.5. The van der Waals surface area contributed by atoms with Crippen molar-refractivity contribution in [3.05, 3.63) is 23.8 Å². The Bertz CT molecular complexity index is 538. The SMILES string of the molecule is CN(Cc1ccc2c(c1)OCO2)C(=O)C1(C)CCNCC1. The minimum absolute atomic E-state index is 0.224. The number of nitrogens with zero attached hydrogens (tertiary/aromatic N) is 1. The number of hydrogen-bond donors (Lipinski definition) is 1. The molecule has 1 fully saturated rings. The van der Waals surface area contributed by atoms with E-state index in [9.17, 15) is 4.79 Å². The van der Waals surface area contributed by atoms with Gasteiger partial charge in [-0.05, 0) is 43.6 Å². The van der Waals surface area contributed by atoms with Gasteiger partial charge in [-0.25, -0.2) is 0 Å². The van der Waals surface area contributed by atoms with Crippen molar-refractivity contribution in [3.63, 3.8) is 0 Å². The van der Waals surface area contributed by atoms with Crippen LogP contribution in [0.3, 0.4) is 0 Å². The van der Waals surface area contributed by atoms with E-state index in [2.05, 4.69) is 12.2 Å². The second-order valence-corrected chi connectivity index (χ2v) is 6.16. The molecule has 21 heavy (non-hydrogen) atoms. The Hall–Kier alpha value is -1.75. The van der Waals surface area contributed by atoms with Crippen LogP contribution < -0.4 is 14.8 Å². The van der Waals surface area contributed by atoms with Gasteiger partial charge in [-0.1, -0.05) is 13.0 Å². The van der Waals surface area contributed by atoms with Crippen LogP contribution in [-0.4, -0.2) is 37.7 Å². The number of benzene rings is 1. The largest absolute Gasteiger partial charge is 0.454 e. The van der Waals surface area contributed by atoms with E-state index in [1.807, 2.05) is 30.1 Å². The molecular formula is C16H22N2O3. The summed E-state index contributed by atoms with van der Waals surface area (Å²) in [6, 6.07) is 5.85. The van der Waals surface area contributed by atoms with Crippen molar-refractivity contribution in [1.82, 2.24) is 10.2 Å². The van der Waals surface area contributed by atoms with E-state index in [0.29, 0.717) is 6.54 Å². The average Bonchev–Trinajstić information content (AvgIpc) is 2.94. The number of hydrogen-bond acceptors (Lipinski definition) is 4. The molecule has 0 saturated carbocycles. The van der Waals surface area contributed by atoms with Gasteiger partial charge in [0.1, 0.15) is 0 Å². The maximum Gasteiger partial charge on any atom is 0.231 e. The molecule has 2 aliphatic rings. The maximum atomic E-state index is 12.7. The highest BCUT2D eigenvalue weighted by atomic mass is 16.7. The number of carbonyl (C=O) groups is 1. The Morgan fingerprint density at radius 1 is 1.29 bits per heavy atom. The Balaban J connectivity index is 1.68. The van der Waals surface area contributed by atoms with Gasteiger partial charge in [0, 0.05) is 19.0 Å². The minimum Gasteiger partial charge on any atom is -0.454 e. The predicted octanol–water partition coefficient (Wildman–Crippen LogP) is 1.76. The Kier molecular flexibility index (Phi) is 3.76. The van der Waals surface area contributed by atoms with Crippen LogP contribution in [0.25, 0.3) is 0 Å². The first-order valence-corrected chi connectivity index (χ1v) is 7.43. The van der Waals surface area contributed by atoms with Crippen molar-refractivity contribution in [2.45, 2.75) is 26.3 Å². The van der Waals surface area contributed by atoms with Crippen LogP contribution in [0.5, 0.6) is 11.5 Å². The summed E-state index contributed by atoms with van der Waals surface area (Å²) >= 11 is 0. The predicted molar refractivity (Wildman–Crippen MR) is 79.2 cm³/mol. The van der Waals surface area contributed by atoms with E-state index in [1.165, 1.54) is 0 Å². The zero-order valence-corrected chi connectivity index (χ0v) is 12.6. The summed E-state index contributed by atoms with van der Waals surface area (Å²) in [7, 11) is 1.88. The molecule has 1 saturated heterocycles. The molecule has 0 spiro atoms. The number of piperidine rings is 1. The number of fused-ring (bicyclic) bond motifs is 1. The van der Waals surface area contributed by atoms with Crippen LogP contribution in [0.1, 0.15) is 25.3 Å². The molecule has 0 radical (unpaired) electrons. The van der Waals surface area contributed by atoms with Crippen molar-refractivity contribution in [2.24, 2.45) is 5.41 Å². The Morgan fingerprint density at radius 3 is 2.76 bits per heavy atom. The molecule has 2 aliphatic heterocycles. The maximum absolute atomic E-state index is 12.7. The molecule has 1 aromatic carbocycles. The summed E-state index contributed by atoms with van der Waals surface area (Å²) < 4.78 is 10.7. The third kappa shape index (κ3) is 2.83. The second-order valence-electron chi connectivity index (χ2n) is 6.16. The molecule has 3 rings (SSSR count). The van der Waals surface area contributed by atoms with Crippen LogP contribution in [-0.2, 0) is 11.3 Å². The fraction of sp³-hybridized carbons (Fsp3) is 0.562. The molecule has 0 atom stereocenters. The van der Waals surface area contributed by atoms with Gasteiger partial charge in [-0.2, -0.15) is 0 Å². The van der Waals surface area contributed by atoms with Gasteiger partial charge in [0.25, 0.3) is 0 Å². The first kappa shape index (κ1) is 14.2. The monoisotopic (exact) mass is 290 g/mol. The lowest BCUT2D eigenvalue weighted by molar-refractivity contribution is -0.141. The van der Waals surface area contributed by atoms with Crippen LogP contribution in [0, 0.1) is 5.41 Å². The van der Waals surface area contributed by atoms with Crippen molar-refractivity contribution < 1.29 is 14.3 Å². The van der Waals surface area contributed by atoms with Gasteiger partial charge in [0.15, 0.2) is 11.5 Å². The number of rotatable bonds is 3. The third-order valence-electron chi connectivity index (χ3n) is 4.43. The molecule has 1 N–H and O–H groups in total. The Labute approximate surface area is 125 Å². The summed E-state index contributed by atoms with van der Waals surface area (Å²) in [5.74, 6) is 1.76. The Morgan fingerprint density at radius 2 is 2.00 bits per heavy atom. The first-order chi connectivity index (χ1) is 10.1. The van der Waals surface area contributed by atoms with Crippen molar-refractivity contribution in [3.8, 4) is 11.5 Å². The quantitative estimate of drug-likeness (QED) is 0.921. The van der Waals surface area contributed by atoms with Crippen LogP contribution in [0.2, 0.25) is 0 Å². The van der Waals surface area contributed by atoms with Gasteiger partial charge < -0.3 is 19.7 Å². The van der Waals surface area contributed by atoms with E-state index in [1.54, 1.807) is 0 Å². The molecule has 5 heteroatoms. The summed E-state index contributed by atoms with van der Waals surface area (Å²) in [5.41, 5.74) is 0.823. The van der Waals surface area contributed by atoms with Crippen LogP contribution >= 0.6 is 0 Å². The van der Waals surface area contributed by atoms with E-state index in [4.69, 9.17) is 9.47 Å². The fourth-order valence-electron chi connectivity index (χ4n) is 3.04. The molecule has 5 nitrogen and oxygen atoms in total. The lowest BCUT2D eigenvalue weighted by atomic mass is 9.79. The van der Waals surface area contributed by atoms with E-state index < -0.39 is 0 Å². The lowest BCUT2D eigenvalue weighted by Gasteiger charge is -2.36. The molecule has 0 bridgehead atoms. The molecule has 2 heterocycles. The van der Waals surface area contributed by atoms with Gasteiger partial charge in [0.05, 0.1) is 0 Å². The highest BCUT2D eigenvalue weighted by molar-refractivity contribution is 5.82. The van der Waals surface area contributed by atoms with Crippen molar-refractivity contribution in [1.29, 1.82) is 0 Å². The summed E-state index contributed by atoms with van der Waals surface area (Å²) in [6.07, 6.45) is 1.80. The zero-order valence-electron chi connectivity index (χ0n) is 12.6. The number of nitrogens with one attached hydrogen (secondary N) is 1. The number of amides is 1. The van der Waals surface area contributed by atoms with Crippen LogP contribution in [0.4, 0.5) is 0 Å². The molecular weight excluding hydrogens is 268 g/mol. The lowest BCUT2D eigenvalue weighted by Crippen LogP contribution is -2.46. The van der Waals surface area contributed by atoms with E-state index in [0.717, 1.165) is 43.0 Å². The second kappa shape index (κ2) is 5.56. The topological polar surface area (TPSA) is 50.8 Å². The van der Waals surface area contributed by atoms with Crippen molar-refractivity contribution >= 4 is 5.91 Å². The normalized spacial score (nSPS) is 19.3. The molecule has 0 aliphatic carbocycles. The highest BCUT2D eigenvalue weighted by Crippen LogP contribution is 2.34. The van der Waals surface area contributed by atoms with E-state index >= 15 is 0 Å². The first-order valence-electron chi connectivity index (χ1n) is 7.43. The van der Waals surface area contributed by atoms with Gasteiger partial charge in [0.2, 0.25) is 12.7 Å². The standard InChI is InChI=1S/C16H22N2O3/c1-16(5-7-17-8-6-16)15(19)18(2)10-12-3-4-13-14(9-12)21-11-20-13/h3-4,9,17H,5-8,10-11H2,1-2H3. The van der Waals surface area contributed by atoms with Gasteiger partial charge >= 0.3 is 0 Å². The average molecular weight is 290 g/mol. The summed E-state index contributed by atoms with van der Waals surface area (Å²) in [5, 5.41) is 3.31.